The Balaban J connectivity index is 1.50. The normalized spacial score (nSPS) is 22.4. The van der Waals surface area contributed by atoms with Crippen molar-refractivity contribution in [2.24, 2.45) is 5.92 Å². The Morgan fingerprint density at radius 1 is 1.06 bits per heavy atom. The minimum Gasteiger partial charge on any atom is -0.493 e. The summed E-state index contributed by atoms with van der Waals surface area (Å²) in [5.41, 5.74) is -0.365. The Morgan fingerprint density at radius 2 is 1.68 bits per heavy atom. The van der Waals surface area contributed by atoms with Crippen LogP contribution in [0.25, 0.3) is 0 Å². The number of piperidine rings is 1. The molecule has 0 saturated carbocycles. The summed E-state index contributed by atoms with van der Waals surface area (Å²) < 4.78 is 10.5. The highest BCUT2D eigenvalue weighted by Crippen LogP contribution is 2.45. The zero-order valence-electron chi connectivity index (χ0n) is 17.9. The molecule has 0 aromatic heterocycles. The van der Waals surface area contributed by atoms with Crippen molar-refractivity contribution in [3.63, 3.8) is 0 Å². The van der Waals surface area contributed by atoms with Gasteiger partial charge in [-0.3, -0.25) is 9.69 Å². The summed E-state index contributed by atoms with van der Waals surface area (Å²) in [7, 11) is 2.94. The monoisotopic (exact) mass is 427 g/mol. The largest absolute Gasteiger partial charge is 0.493 e. The molecule has 2 aromatic carbocycles. The maximum absolute atomic E-state index is 13.1. The fourth-order valence-electron chi connectivity index (χ4n) is 4.83. The van der Waals surface area contributed by atoms with Gasteiger partial charge in [0, 0.05) is 24.4 Å². The van der Waals surface area contributed by atoms with Crippen LogP contribution in [0.5, 0.6) is 11.5 Å². The topological polar surface area (TPSA) is 99.5 Å². The van der Waals surface area contributed by atoms with Crippen molar-refractivity contribution in [3.05, 3.63) is 59.2 Å². The van der Waals surface area contributed by atoms with Crippen molar-refractivity contribution >= 4 is 5.78 Å². The quantitative estimate of drug-likeness (QED) is 0.604. The molecule has 0 spiro atoms. The molecule has 1 heterocycles. The molecule has 7 nitrogen and oxygen atoms in total. The van der Waals surface area contributed by atoms with Crippen molar-refractivity contribution in [3.8, 4) is 11.5 Å². The van der Waals surface area contributed by atoms with E-state index in [-0.39, 0.29) is 12.0 Å². The molecule has 0 amide bonds. The van der Waals surface area contributed by atoms with Gasteiger partial charge in [0.25, 0.3) is 0 Å². The molecule has 1 fully saturated rings. The number of fused-ring (bicyclic) bond motifs is 1. The number of benzene rings is 2. The highest BCUT2D eigenvalue weighted by molar-refractivity contribution is 6.08. The molecule has 1 aliphatic heterocycles. The van der Waals surface area contributed by atoms with Crippen LogP contribution in [-0.2, 0) is 13.0 Å². The number of carbonyl (C=O) groups excluding carboxylic acids is 1. The standard InChI is InChI=1S/C24H29NO6/c1-30-20-12-17-14-23(27,22(26)19(17)13-21(20)31-2)24(28,29)18-8-10-25(11-9-18)15-16-6-4-3-5-7-16/h3-7,12-13,18,27-29H,8-11,14-15H2,1-2H3. The highest BCUT2D eigenvalue weighted by atomic mass is 16.5. The molecule has 4 rings (SSSR count). The lowest BCUT2D eigenvalue weighted by Gasteiger charge is -2.44. The first-order chi connectivity index (χ1) is 14.8. The van der Waals surface area contributed by atoms with Gasteiger partial charge in [-0.05, 0) is 49.2 Å². The molecular weight excluding hydrogens is 398 g/mol. The fourth-order valence-corrected chi connectivity index (χ4v) is 4.83. The van der Waals surface area contributed by atoms with Crippen molar-refractivity contribution in [1.82, 2.24) is 4.90 Å². The number of ketones is 1. The van der Waals surface area contributed by atoms with E-state index in [1.807, 2.05) is 18.2 Å². The molecule has 0 bridgehead atoms. The van der Waals surface area contributed by atoms with E-state index in [0.717, 1.165) is 6.54 Å². The van der Waals surface area contributed by atoms with Crippen LogP contribution in [0.2, 0.25) is 0 Å². The first-order valence-electron chi connectivity index (χ1n) is 10.5. The summed E-state index contributed by atoms with van der Waals surface area (Å²) in [5, 5.41) is 33.4. The van der Waals surface area contributed by atoms with Gasteiger partial charge in [-0.1, -0.05) is 30.3 Å². The van der Waals surface area contributed by atoms with Gasteiger partial charge < -0.3 is 24.8 Å². The van der Waals surface area contributed by atoms with Gasteiger partial charge in [0.15, 0.2) is 17.1 Å². The van der Waals surface area contributed by atoms with Crippen LogP contribution >= 0.6 is 0 Å². The van der Waals surface area contributed by atoms with Crippen molar-refractivity contribution in [2.45, 2.75) is 37.2 Å². The van der Waals surface area contributed by atoms with Crippen LogP contribution in [0.3, 0.4) is 0 Å². The van der Waals surface area contributed by atoms with Crippen molar-refractivity contribution in [1.29, 1.82) is 0 Å². The number of methoxy groups -OCH3 is 2. The second kappa shape index (κ2) is 8.24. The van der Waals surface area contributed by atoms with Gasteiger partial charge in [-0.25, -0.2) is 0 Å². The average molecular weight is 427 g/mol. The molecule has 166 valence electrons. The maximum atomic E-state index is 13.1. The zero-order chi connectivity index (χ0) is 22.2. The zero-order valence-corrected chi connectivity index (χ0v) is 17.9. The summed E-state index contributed by atoms with van der Waals surface area (Å²) in [4.78, 5) is 15.3. The Kier molecular flexibility index (Phi) is 5.79. The number of ether oxygens (including phenoxy) is 2. The smallest absolute Gasteiger partial charge is 0.203 e. The van der Waals surface area contributed by atoms with Crippen molar-refractivity contribution < 1.29 is 29.6 Å². The van der Waals surface area contributed by atoms with Crippen LogP contribution < -0.4 is 9.47 Å². The number of rotatable bonds is 6. The van der Waals surface area contributed by atoms with Gasteiger partial charge in [0.05, 0.1) is 14.2 Å². The van der Waals surface area contributed by atoms with E-state index in [9.17, 15) is 20.1 Å². The minimum atomic E-state index is -2.54. The molecule has 0 radical (unpaired) electrons. The second-order valence-electron chi connectivity index (χ2n) is 8.49. The third-order valence-corrected chi connectivity index (χ3v) is 6.69. The van der Waals surface area contributed by atoms with Crippen LogP contribution in [0.4, 0.5) is 0 Å². The van der Waals surface area contributed by atoms with E-state index in [4.69, 9.17) is 9.47 Å². The third kappa shape index (κ3) is 3.72. The van der Waals surface area contributed by atoms with Crippen LogP contribution in [0.1, 0.15) is 34.3 Å². The molecule has 7 heteroatoms. The van der Waals surface area contributed by atoms with E-state index in [0.29, 0.717) is 43.0 Å². The molecule has 2 aliphatic rings. The number of hydrogen-bond acceptors (Lipinski definition) is 7. The Bertz CT molecular complexity index is 952. The summed E-state index contributed by atoms with van der Waals surface area (Å²) in [5.74, 6) is -3.07. The third-order valence-electron chi connectivity index (χ3n) is 6.69. The molecule has 1 aliphatic carbocycles. The predicted molar refractivity (Wildman–Crippen MR) is 114 cm³/mol. The van der Waals surface area contributed by atoms with Gasteiger partial charge in [0.2, 0.25) is 11.6 Å². The molecule has 31 heavy (non-hydrogen) atoms. The number of Topliss-reactive ketones (excluding diaryl/α,β-unsaturated/α-hetero) is 1. The van der Waals surface area contributed by atoms with E-state index in [1.54, 1.807) is 6.07 Å². The number of nitrogens with zero attached hydrogens (tertiary/aromatic N) is 1. The minimum absolute atomic E-state index is 0.182. The molecule has 1 saturated heterocycles. The van der Waals surface area contributed by atoms with Crippen LogP contribution in [-0.4, -0.2) is 64.7 Å². The number of likely N-dealkylation sites (tertiary alicyclic amines) is 1. The van der Waals surface area contributed by atoms with Crippen molar-refractivity contribution in [2.75, 3.05) is 27.3 Å². The summed E-state index contributed by atoms with van der Waals surface area (Å²) in [6.07, 6.45) is 0.759. The Hall–Kier alpha value is -2.45. The first kappa shape index (κ1) is 21.8. The van der Waals surface area contributed by atoms with E-state index < -0.39 is 23.1 Å². The fraction of sp³-hybridized carbons (Fsp3) is 0.458. The predicted octanol–water partition coefficient (Wildman–Crippen LogP) is 1.77. The van der Waals surface area contributed by atoms with E-state index in [1.165, 1.54) is 25.8 Å². The molecule has 1 unspecified atom stereocenters. The summed E-state index contributed by atoms with van der Waals surface area (Å²) in [6.45, 7) is 2.09. The number of hydrogen-bond donors (Lipinski definition) is 3. The highest BCUT2D eigenvalue weighted by Gasteiger charge is 2.61. The SMILES string of the molecule is COc1cc2c(cc1OC)C(=O)C(O)(C(O)(O)C1CCN(Cc3ccccc3)CC1)C2. The van der Waals surface area contributed by atoms with Crippen LogP contribution in [0.15, 0.2) is 42.5 Å². The average Bonchev–Trinajstić information content (AvgIpc) is 3.04. The van der Waals surface area contributed by atoms with E-state index in [2.05, 4.69) is 17.0 Å². The maximum Gasteiger partial charge on any atom is 0.203 e. The van der Waals surface area contributed by atoms with Crippen LogP contribution in [0, 0.1) is 5.92 Å². The molecule has 2 aromatic rings. The lowest BCUT2D eigenvalue weighted by Crippen LogP contribution is -2.63. The molecule has 3 N–H and O–H groups in total. The summed E-state index contributed by atoms with van der Waals surface area (Å²) in [6, 6.07) is 13.2. The Labute approximate surface area is 181 Å². The van der Waals surface area contributed by atoms with Gasteiger partial charge >= 0.3 is 0 Å². The second-order valence-corrected chi connectivity index (χ2v) is 8.49. The number of carbonyl (C=O) groups is 1. The summed E-state index contributed by atoms with van der Waals surface area (Å²) >= 11 is 0. The van der Waals surface area contributed by atoms with E-state index >= 15 is 0 Å². The lowest BCUT2D eigenvalue weighted by atomic mass is 9.76. The number of aliphatic hydroxyl groups is 3. The Morgan fingerprint density at radius 3 is 2.29 bits per heavy atom. The molecule has 1 atom stereocenters. The van der Waals surface area contributed by atoms with Gasteiger partial charge in [-0.15, -0.1) is 0 Å². The van der Waals surface area contributed by atoms with Gasteiger partial charge in [-0.2, -0.15) is 0 Å². The molecular formula is C24H29NO6. The first-order valence-corrected chi connectivity index (χ1v) is 10.5. The van der Waals surface area contributed by atoms with Gasteiger partial charge in [0.1, 0.15) is 0 Å². The lowest BCUT2D eigenvalue weighted by molar-refractivity contribution is -0.287.